The van der Waals surface area contributed by atoms with Gasteiger partial charge in [-0.3, -0.25) is 4.79 Å². The third kappa shape index (κ3) is 5.32. The fourth-order valence-corrected chi connectivity index (χ4v) is 11.5. The van der Waals surface area contributed by atoms with Crippen molar-refractivity contribution in [3.05, 3.63) is 42.1 Å². The molecule has 1 amide bonds. The van der Waals surface area contributed by atoms with Gasteiger partial charge in [0.15, 0.2) is 10.8 Å². The van der Waals surface area contributed by atoms with Crippen LogP contribution >= 0.6 is 0 Å². The molecule has 0 aromatic carbocycles. The molecule has 4 bridgehead atoms. The van der Waals surface area contributed by atoms with E-state index in [9.17, 15) is 13.2 Å². The highest BCUT2D eigenvalue weighted by molar-refractivity contribution is 7.90. The fraction of sp³-hybridized carbons (Fsp3) is 0.600. The second-order valence-electron chi connectivity index (χ2n) is 16.4. The Balaban J connectivity index is 1.16. The molecule has 5 aliphatic rings. The van der Waals surface area contributed by atoms with E-state index in [0.717, 1.165) is 36.8 Å². The Hall–Kier alpha value is -3.45. The summed E-state index contributed by atoms with van der Waals surface area (Å²) >= 11 is 0. The minimum absolute atomic E-state index is 0.209. The maximum absolute atomic E-state index is 14.1. The highest BCUT2D eigenvalue weighted by Gasteiger charge is 2.85. The summed E-state index contributed by atoms with van der Waals surface area (Å²) in [6.07, 6.45) is 11.4. The van der Waals surface area contributed by atoms with Gasteiger partial charge in [-0.05, 0) is 111 Å². The SMILES string of the molecule is CC1(C)C[C@@H]2CCCNc3cccc(n3)S(=O)(=O)NC(=O)c3cc([Si](C)(C)C)c(-n4ccc(OCCC5C6(CC6)C56CC6)n4)nc3N1C2. The Kier molecular flexibility index (Phi) is 7.13. The van der Waals surface area contributed by atoms with Crippen molar-refractivity contribution in [2.75, 3.05) is 29.9 Å². The standard InChI is InChI=1S/C35H47N7O4SSi/c1-33(2)21-23-8-7-17-36-27-9-6-10-29(37-27)47(44,45)40-32(43)24-20-25(48(3,4)5)31(38-30(24)41(33)22-23)42-18-11-28(39-42)46-19-12-26-34(13-14-34)35(26)15-16-35/h6,9-11,18,20,23,26H,7-8,12-17,19,21-22H2,1-5H3,(H,36,37)(H,40,43)/t23-/m0/s1. The van der Waals surface area contributed by atoms with E-state index in [1.54, 1.807) is 16.8 Å². The van der Waals surface area contributed by atoms with E-state index < -0.39 is 24.0 Å². The molecule has 3 aromatic heterocycles. The minimum Gasteiger partial charge on any atom is -0.477 e. The summed E-state index contributed by atoms with van der Waals surface area (Å²) in [5.74, 6) is 2.65. The lowest BCUT2D eigenvalue weighted by Gasteiger charge is -2.35. The molecule has 48 heavy (non-hydrogen) atoms. The average molecular weight is 690 g/mol. The number of hydrogen-bond acceptors (Lipinski definition) is 9. The van der Waals surface area contributed by atoms with E-state index in [2.05, 4.69) is 53.4 Å². The summed E-state index contributed by atoms with van der Waals surface area (Å²) in [6, 6.07) is 8.53. The molecule has 13 heteroatoms. The van der Waals surface area contributed by atoms with Crippen molar-refractivity contribution in [1.82, 2.24) is 24.5 Å². The van der Waals surface area contributed by atoms with Crippen LogP contribution in [0.5, 0.6) is 5.88 Å². The summed E-state index contributed by atoms with van der Waals surface area (Å²) in [6.45, 7) is 13.0. The number of pyridine rings is 2. The molecule has 4 fully saturated rings. The summed E-state index contributed by atoms with van der Waals surface area (Å²) in [4.78, 5) is 25.9. The van der Waals surface area contributed by atoms with Crippen molar-refractivity contribution in [1.29, 1.82) is 0 Å². The number of ether oxygens (including phenoxy) is 1. The lowest BCUT2D eigenvalue weighted by molar-refractivity contribution is 0.0981. The van der Waals surface area contributed by atoms with Crippen molar-refractivity contribution in [3.8, 4) is 11.7 Å². The molecule has 0 radical (unpaired) electrons. The highest BCUT2D eigenvalue weighted by Crippen LogP contribution is 2.93. The van der Waals surface area contributed by atoms with Gasteiger partial charge in [-0.1, -0.05) is 25.7 Å². The highest BCUT2D eigenvalue weighted by atomic mass is 32.2. The van der Waals surface area contributed by atoms with Gasteiger partial charge in [-0.25, -0.2) is 19.4 Å². The molecule has 11 nitrogen and oxygen atoms in total. The van der Waals surface area contributed by atoms with Crippen LogP contribution in [0.25, 0.3) is 5.82 Å². The number of carbonyl (C=O) groups excluding carboxylic acids is 1. The van der Waals surface area contributed by atoms with E-state index >= 15 is 0 Å². The van der Waals surface area contributed by atoms with Crippen LogP contribution in [-0.4, -0.2) is 67.4 Å². The fourth-order valence-electron chi connectivity index (χ4n) is 9.18. The van der Waals surface area contributed by atoms with Gasteiger partial charge in [0.2, 0.25) is 5.88 Å². The maximum Gasteiger partial charge on any atom is 0.281 e. The normalized spacial score (nSPS) is 24.6. The third-order valence-corrected chi connectivity index (χ3v) is 15.0. The van der Waals surface area contributed by atoms with Crippen LogP contribution in [0, 0.1) is 22.7 Å². The van der Waals surface area contributed by atoms with Crippen LogP contribution < -0.4 is 24.9 Å². The van der Waals surface area contributed by atoms with Gasteiger partial charge >= 0.3 is 0 Å². The molecule has 3 saturated carbocycles. The average Bonchev–Trinajstić information content (AvgIpc) is 3.97. The van der Waals surface area contributed by atoms with Crippen LogP contribution in [0.15, 0.2) is 41.6 Å². The number of amides is 1. The smallest absolute Gasteiger partial charge is 0.281 e. The summed E-state index contributed by atoms with van der Waals surface area (Å²) in [5, 5.41) is 8.79. The van der Waals surface area contributed by atoms with Crippen LogP contribution in [-0.2, 0) is 10.0 Å². The van der Waals surface area contributed by atoms with Crippen molar-refractivity contribution < 1.29 is 17.9 Å². The van der Waals surface area contributed by atoms with Gasteiger partial charge in [0.25, 0.3) is 15.9 Å². The zero-order chi connectivity index (χ0) is 33.7. The molecule has 5 heterocycles. The number of nitrogens with one attached hydrogen (secondary N) is 2. The molecular formula is C35H47N7O4SSi. The minimum atomic E-state index is -4.26. The molecule has 256 valence electrons. The molecule has 1 saturated heterocycles. The van der Waals surface area contributed by atoms with Gasteiger partial charge < -0.3 is 15.0 Å². The third-order valence-electron chi connectivity index (χ3n) is 11.8. The second kappa shape index (κ2) is 10.8. The van der Waals surface area contributed by atoms with Crippen molar-refractivity contribution in [3.63, 3.8) is 0 Å². The first kappa shape index (κ1) is 31.8. The molecule has 3 aromatic rings. The number of anilines is 2. The monoisotopic (exact) mass is 689 g/mol. The van der Waals surface area contributed by atoms with E-state index in [0.29, 0.717) is 59.8 Å². The number of carbonyl (C=O) groups is 1. The number of hydrogen-bond donors (Lipinski definition) is 2. The first-order chi connectivity index (χ1) is 22.7. The number of aromatic nitrogens is 4. The summed E-state index contributed by atoms with van der Waals surface area (Å²) in [5.41, 5.74) is 1.25. The Morgan fingerprint density at radius 2 is 1.79 bits per heavy atom. The molecule has 0 unspecified atom stereocenters. The first-order valence-corrected chi connectivity index (χ1v) is 22.5. The summed E-state index contributed by atoms with van der Waals surface area (Å²) < 4.78 is 37.3. The zero-order valence-corrected chi connectivity index (χ0v) is 30.5. The number of fused-ring (bicyclic) bond motifs is 7. The Bertz CT molecular complexity index is 1880. The Morgan fingerprint density at radius 3 is 2.50 bits per heavy atom. The number of sulfonamides is 1. The lowest BCUT2D eigenvalue weighted by atomic mass is 9.93. The Labute approximate surface area is 284 Å². The molecule has 2 N–H and O–H groups in total. The largest absolute Gasteiger partial charge is 0.477 e. The van der Waals surface area contributed by atoms with Crippen LogP contribution in [0.3, 0.4) is 0 Å². The second-order valence-corrected chi connectivity index (χ2v) is 23.1. The number of rotatable bonds is 6. The van der Waals surface area contributed by atoms with Crippen molar-refractivity contribution >= 4 is 40.8 Å². The van der Waals surface area contributed by atoms with E-state index in [-0.39, 0.29) is 16.1 Å². The predicted octanol–water partition coefficient (Wildman–Crippen LogP) is 5.10. The first-order valence-electron chi connectivity index (χ1n) is 17.5. The van der Waals surface area contributed by atoms with E-state index in [4.69, 9.17) is 14.8 Å². The van der Waals surface area contributed by atoms with Gasteiger partial charge in [-0.2, -0.15) is 8.42 Å². The molecular weight excluding hydrogens is 643 g/mol. The Morgan fingerprint density at radius 1 is 1.04 bits per heavy atom. The van der Waals surface area contributed by atoms with Crippen LogP contribution in [0.2, 0.25) is 19.6 Å². The maximum atomic E-state index is 14.1. The van der Waals surface area contributed by atoms with E-state index in [1.165, 1.54) is 31.7 Å². The number of nitrogens with zero attached hydrogens (tertiary/aromatic N) is 5. The van der Waals surface area contributed by atoms with E-state index in [1.807, 2.05) is 18.3 Å². The molecule has 2 aliphatic heterocycles. The molecule has 3 aliphatic carbocycles. The molecule has 1 atom stereocenters. The predicted molar refractivity (Wildman–Crippen MR) is 187 cm³/mol. The summed E-state index contributed by atoms with van der Waals surface area (Å²) in [7, 11) is -6.42. The quantitative estimate of drug-likeness (QED) is 0.340. The van der Waals surface area contributed by atoms with Crippen LogP contribution in [0.1, 0.15) is 75.6 Å². The molecule has 8 rings (SSSR count). The van der Waals surface area contributed by atoms with Crippen LogP contribution in [0.4, 0.5) is 11.6 Å². The molecule has 2 spiro atoms. The van der Waals surface area contributed by atoms with Crippen molar-refractivity contribution in [2.24, 2.45) is 22.7 Å². The van der Waals surface area contributed by atoms with Gasteiger partial charge in [0.1, 0.15) is 11.6 Å². The van der Waals surface area contributed by atoms with Gasteiger partial charge in [-0.15, -0.1) is 5.10 Å². The van der Waals surface area contributed by atoms with Gasteiger partial charge in [0, 0.05) is 30.9 Å². The van der Waals surface area contributed by atoms with Crippen molar-refractivity contribution in [2.45, 2.75) is 95.4 Å². The zero-order valence-electron chi connectivity index (χ0n) is 28.7. The topological polar surface area (TPSA) is 131 Å². The lowest BCUT2D eigenvalue weighted by Crippen LogP contribution is -2.45. The van der Waals surface area contributed by atoms with Gasteiger partial charge in [0.05, 0.1) is 20.2 Å².